The topological polar surface area (TPSA) is 109 Å². The van der Waals surface area contributed by atoms with Crippen LogP contribution >= 0.6 is 22.9 Å². The number of nitrogens with zero attached hydrogens (tertiary/aromatic N) is 4. The van der Waals surface area contributed by atoms with Crippen molar-refractivity contribution in [2.45, 2.75) is 19.6 Å². The van der Waals surface area contributed by atoms with Gasteiger partial charge in [-0.25, -0.2) is 19.3 Å². The number of alkyl halides is 1. The molecule has 0 spiro atoms. The van der Waals surface area contributed by atoms with Gasteiger partial charge >= 0.3 is 0 Å². The van der Waals surface area contributed by atoms with Crippen LogP contribution in [0.5, 0.6) is 0 Å². The molecule has 0 saturated carbocycles. The average Bonchev–Trinajstić information content (AvgIpc) is 3.36. The van der Waals surface area contributed by atoms with Crippen molar-refractivity contribution in [1.29, 1.82) is 0 Å². The number of thiazole rings is 1. The van der Waals surface area contributed by atoms with Gasteiger partial charge in [-0.1, -0.05) is 17.7 Å². The number of halogens is 2. The second-order valence-electron chi connectivity index (χ2n) is 7.51. The summed E-state index contributed by atoms with van der Waals surface area (Å²) in [6.45, 7) is 3.71. The van der Waals surface area contributed by atoms with Crippen LogP contribution in [0.2, 0.25) is 5.02 Å². The Bertz CT molecular complexity index is 1190. The summed E-state index contributed by atoms with van der Waals surface area (Å²) in [4.78, 5) is 40.3. The molecule has 0 radical (unpaired) electrons. The summed E-state index contributed by atoms with van der Waals surface area (Å²) < 4.78 is 18.2. The van der Waals surface area contributed by atoms with Gasteiger partial charge in [0.2, 0.25) is 0 Å². The summed E-state index contributed by atoms with van der Waals surface area (Å²) in [6, 6.07) is 5.79. The Hall–Kier alpha value is -3.15. The third-order valence-electron chi connectivity index (χ3n) is 5.14. The van der Waals surface area contributed by atoms with Crippen LogP contribution in [0, 0.1) is 0 Å². The predicted molar refractivity (Wildman–Crippen MR) is 127 cm³/mol. The minimum atomic E-state index is -0.682. The SMILES string of the molecule is CC(NC(=O)c1cc(N2CCOCC2)ncn1)c1ncc(C(=O)Nc2ccc(CF)c(Cl)c2)s1. The van der Waals surface area contributed by atoms with Gasteiger partial charge in [0.1, 0.15) is 34.4 Å². The van der Waals surface area contributed by atoms with Gasteiger partial charge in [-0.05, 0) is 19.1 Å². The van der Waals surface area contributed by atoms with Gasteiger partial charge in [0.05, 0.1) is 25.5 Å². The molecule has 34 heavy (non-hydrogen) atoms. The maximum absolute atomic E-state index is 12.8. The van der Waals surface area contributed by atoms with Crippen LogP contribution in [0.4, 0.5) is 15.9 Å². The Balaban J connectivity index is 1.38. The standard InChI is InChI=1S/C22H22ClFN6O3S/c1-13(28-20(31)17-9-19(27-12-26-17)30-4-6-33-7-5-30)22-25-11-18(34-22)21(32)29-15-3-2-14(10-24)16(23)8-15/h2-3,8-9,11-13H,4-7,10H2,1H3,(H,28,31)(H,29,32). The lowest BCUT2D eigenvalue weighted by molar-refractivity contribution is 0.0934. The highest BCUT2D eigenvalue weighted by atomic mass is 35.5. The maximum atomic E-state index is 12.8. The molecule has 2 N–H and O–H groups in total. The highest BCUT2D eigenvalue weighted by Gasteiger charge is 2.20. The van der Waals surface area contributed by atoms with Crippen molar-refractivity contribution in [3.8, 4) is 0 Å². The molecule has 178 valence electrons. The number of anilines is 2. The third kappa shape index (κ3) is 5.66. The number of benzene rings is 1. The molecule has 3 aromatic rings. The second kappa shape index (κ2) is 10.9. The molecular formula is C22H22ClFN6O3S. The summed E-state index contributed by atoms with van der Waals surface area (Å²) in [5.41, 5.74) is 1.04. The van der Waals surface area contributed by atoms with Crippen molar-refractivity contribution < 1.29 is 18.7 Å². The molecule has 3 heterocycles. The van der Waals surface area contributed by atoms with Crippen molar-refractivity contribution in [3.63, 3.8) is 0 Å². The van der Waals surface area contributed by atoms with Crippen LogP contribution in [0.3, 0.4) is 0 Å². The molecule has 1 aliphatic rings. The first-order valence-corrected chi connectivity index (χ1v) is 11.7. The Morgan fingerprint density at radius 2 is 2.00 bits per heavy atom. The monoisotopic (exact) mass is 504 g/mol. The van der Waals surface area contributed by atoms with Crippen molar-refractivity contribution in [3.05, 3.63) is 63.0 Å². The van der Waals surface area contributed by atoms with Crippen molar-refractivity contribution in [1.82, 2.24) is 20.3 Å². The maximum Gasteiger partial charge on any atom is 0.270 e. The van der Waals surface area contributed by atoms with Crippen LogP contribution in [0.25, 0.3) is 0 Å². The molecule has 1 aliphatic heterocycles. The van der Waals surface area contributed by atoms with E-state index in [9.17, 15) is 14.0 Å². The van der Waals surface area contributed by atoms with E-state index >= 15 is 0 Å². The number of hydrogen-bond donors (Lipinski definition) is 2. The summed E-state index contributed by atoms with van der Waals surface area (Å²) >= 11 is 7.16. The zero-order chi connectivity index (χ0) is 24.1. The average molecular weight is 505 g/mol. The normalized spacial score (nSPS) is 14.5. The van der Waals surface area contributed by atoms with Crippen LogP contribution in [0.1, 0.15) is 43.7 Å². The molecule has 1 unspecified atom stereocenters. The molecule has 2 aromatic heterocycles. The molecule has 0 aliphatic carbocycles. The van der Waals surface area contributed by atoms with Crippen LogP contribution in [0.15, 0.2) is 36.8 Å². The van der Waals surface area contributed by atoms with Gasteiger partial charge < -0.3 is 20.3 Å². The quantitative estimate of drug-likeness (QED) is 0.505. The molecule has 1 atom stereocenters. The number of aromatic nitrogens is 3. The van der Waals surface area contributed by atoms with E-state index < -0.39 is 12.7 Å². The molecule has 1 aromatic carbocycles. The smallest absolute Gasteiger partial charge is 0.270 e. The summed E-state index contributed by atoms with van der Waals surface area (Å²) in [5.74, 6) is -0.0746. The minimum Gasteiger partial charge on any atom is -0.378 e. The van der Waals surface area contributed by atoms with E-state index in [0.717, 1.165) is 11.3 Å². The molecule has 12 heteroatoms. The van der Waals surface area contributed by atoms with Crippen molar-refractivity contribution in [2.24, 2.45) is 0 Å². The molecule has 1 fully saturated rings. The van der Waals surface area contributed by atoms with Gasteiger partial charge in [-0.3, -0.25) is 9.59 Å². The number of ether oxygens (including phenoxy) is 1. The Morgan fingerprint density at radius 3 is 2.74 bits per heavy atom. The lowest BCUT2D eigenvalue weighted by Crippen LogP contribution is -2.37. The number of nitrogens with one attached hydrogen (secondary N) is 2. The zero-order valence-corrected chi connectivity index (χ0v) is 19.8. The van der Waals surface area contributed by atoms with Crippen LogP contribution in [-0.2, 0) is 11.4 Å². The van der Waals surface area contributed by atoms with Crippen molar-refractivity contribution in [2.75, 3.05) is 36.5 Å². The van der Waals surface area contributed by atoms with E-state index in [-0.39, 0.29) is 22.5 Å². The number of rotatable bonds is 7. The molecule has 4 rings (SSSR count). The first-order chi connectivity index (χ1) is 16.4. The Morgan fingerprint density at radius 1 is 1.21 bits per heavy atom. The fourth-order valence-electron chi connectivity index (χ4n) is 3.29. The van der Waals surface area contributed by atoms with Gasteiger partial charge in [0, 0.05) is 35.4 Å². The summed E-state index contributed by atoms with van der Waals surface area (Å²) in [6.07, 6.45) is 2.80. The molecule has 0 bridgehead atoms. The highest BCUT2D eigenvalue weighted by Crippen LogP contribution is 2.24. The lowest BCUT2D eigenvalue weighted by atomic mass is 10.2. The summed E-state index contributed by atoms with van der Waals surface area (Å²) in [7, 11) is 0. The number of hydrogen-bond acceptors (Lipinski definition) is 8. The van der Waals surface area contributed by atoms with Crippen LogP contribution in [-0.4, -0.2) is 53.1 Å². The van der Waals surface area contributed by atoms with Gasteiger partial charge in [0.15, 0.2) is 0 Å². The number of carbonyl (C=O) groups is 2. The Kier molecular flexibility index (Phi) is 7.66. The van der Waals surface area contributed by atoms with E-state index in [2.05, 4.69) is 25.6 Å². The minimum absolute atomic E-state index is 0.239. The number of amides is 2. The largest absolute Gasteiger partial charge is 0.378 e. The fraction of sp³-hybridized carbons (Fsp3) is 0.318. The highest BCUT2D eigenvalue weighted by molar-refractivity contribution is 7.13. The molecular weight excluding hydrogens is 483 g/mol. The first-order valence-electron chi connectivity index (χ1n) is 10.5. The van der Waals surface area contributed by atoms with E-state index in [1.807, 2.05) is 4.90 Å². The second-order valence-corrected chi connectivity index (χ2v) is 8.98. The van der Waals surface area contributed by atoms with Gasteiger partial charge in [0.25, 0.3) is 11.8 Å². The van der Waals surface area contributed by atoms with E-state index in [1.165, 1.54) is 24.7 Å². The zero-order valence-electron chi connectivity index (χ0n) is 18.3. The molecule has 9 nitrogen and oxygen atoms in total. The number of carbonyl (C=O) groups excluding carboxylic acids is 2. The van der Waals surface area contributed by atoms with E-state index in [4.69, 9.17) is 16.3 Å². The van der Waals surface area contributed by atoms with Gasteiger partial charge in [-0.15, -0.1) is 11.3 Å². The fourth-order valence-corrected chi connectivity index (χ4v) is 4.33. The van der Waals surface area contributed by atoms with Gasteiger partial charge in [-0.2, -0.15) is 0 Å². The van der Waals surface area contributed by atoms with E-state index in [1.54, 1.807) is 19.1 Å². The molecule has 2 amide bonds. The van der Waals surface area contributed by atoms with Crippen molar-refractivity contribution >= 4 is 46.3 Å². The Labute approximate surface area is 204 Å². The first kappa shape index (κ1) is 24.0. The lowest BCUT2D eigenvalue weighted by Gasteiger charge is -2.27. The third-order valence-corrected chi connectivity index (χ3v) is 6.67. The predicted octanol–water partition coefficient (Wildman–Crippen LogP) is 3.64. The molecule has 1 saturated heterocycles. The summed E-state index contributed by atoms with van der Waals surface area (Å²) in [5, 5.41) is 6.37. The number of morpholine rings is 1. The van der Waals surface area contributed by atoms with Crippen LogP contribution < -0.4 is 15.5 Å². The van der Waals surface area contributed by atoms with E-state index in [0.29, 0.717) is 53.3 Å².